The molecule has 0 aliphatic carbocycles. The van der Waals surface area contributed by atoms with Crippen LogP contribution in [-0.2, 0) is 9.53 Å². The Balaban J connectivity index is 1.96. The van der Waals surface area contributed by atoms with Gasteiger partial charge in [0.05, 0.1) is 22.2 Å². The Hall–Kier alpha value is -2.66. The molecule has 0 amide bonds. The molecule has 0 fully saturated rings. The fourth-order valence-corrected chi connectivity index (χ4v) is 3.61. The van der Waals surface area contributed by atoms with Crippen molar-refractivity contribution in [2.75, 3.05) is 13.7 Å². The highest BCUT2D eigenvalue weighted by Gasteiger charge is 2.26. The standard InChI is InChI=1S/C20H16ClIN2O6/c1-3-6-29-18-14(22)7-11(9-17(18)28-2)8-15-20(25)30-19(23-15)12-4-5-13(21)16(10-12)24(26)27/h4-5,7-10H,3,6H2,1-2H3/b15-8-. The van der Waals surface area contributed by atoms with Gasteiger partial charge in [-0.1, -0.05) is 18.5 Å². The van der Waals surface area contributed by atoms with Gasteiger partial charge in [-0.15, -0.1) is 0 Å². The van der Waals surface area contributed by atoms with Crippen molar-refractivity contribution in [3.63, 3.8) is 0 Å². The van der Waals surface area contributed by atoms with E-state index in [2.05, 4.69) is 27.6 Å². The van der Waals surface area contributed by atoms with Gasteiger partial charge >= 0.3 is 5.97 Å². The first-order chi connectivity index (χ1) is 14.3. The summed E-state index contributed by atoms with van der Waals surface area (Å²) in [6, 6.07) is 7.62. The predicted octanol–water partition coefficient (Wildman–Crippen LogP) is 4.99. The van der Waals surface area contributed by atoms with Gasteiger partial charge in [-0.25, -0.2) is 9.79 Å². The molecule has 30 heavy (non-hydrogen) atoms. The maximum Gasteiger partial charge on any atom is 0.363 e. The van der Waals surface area contributed by atoms with E-state index in [1.165, 1.54) is 25.3 Å². The van der Waals surface area contributed by atoms with Gasteiger partial charge in [0.2, 0.25) is 5.90 Å². The summed E-state index contributed by atoms with van der Waals surface area (Å²) in [4.78, 5) is 26.9. The van der Waals surface area contributed by atoms with Crippen LogP contribution in [0.5, 0.6) is 11.5 Å². The van der Waals surface area contributed by atoms with E-state index >= 15 is 0 Å². The molecule has 1 aliphatic heterocycles. The lowest BCUT2D eigenvalue weighted by Gasteiger charge is -2.13. The maximum atomic E-state index is 12.3. The Kier molecular flexibility index (Phi) is 6.93. The molecule has 8 nitrogen and oxygen atoms in total. The monoisotopic (exact) mass is 542 g/mol. The highest BCUT2D eigenvalue weighted by atomic mass is 127. The number of nitro groups is 1. The molecule has 0 aromatic heterocycles. The highest BCUT2D eigenvalue weighted by molar-refractivity contribution is 14.1. The number of esters is 1. The summed E-state index contributed by atoms with van der Waals surface area (Å²) in [6.45, 7) is 2.56. The van der Waals surface area contributed by atoms with Crippen LogP contribution in [0.1, 0.15) is 24.5 Å². The van der Waals surface area contributed by atoms with Gasteiger partial charge in [0.25, 0.3) is 5.69 Å². The molecule has 0 radical (unpaired) electrons. The minimum atomic E-state index is -0.664. The number of halogens is 2. The van der Waals surface area contributed by atoms with Crippen molar-refractivity contribution in [1.82, 2.24) is 0 Å². The van der Waals surface area contributed by atoms with Gasteiger partial charge in [-0.05, 0) is 64.9 Å². The van der Waals surface area contributed by atoms with Crippen molar-refractivity contribution in [1.29, 1.82) is 0 Å². The molecule has 10 heteroatoms. The molecule has 156 valence electrons. The van der Waals surface area contributed by atoms with Crippen LogP contribution in [-0.4, -0.2) is 30.5 Å². The molecule has 0 spiro atoms. The Morgan fingerprint density at radius 3 is 2.77 bits per heavy atom. The van der Waals surface area contributed by atoms with E-state index in [0.717, 1.165) is 9.99 Å². The van der Waals surface area contributed by atoms with Gasteiger partial charge in [-0.2, -0.15) is 0 Å². The maximum absolute atomic E-state index is 12.3. The number of hydrogen-bond donors (Lipinski definition) is 0. The third kappa shape index (κ3) is 4.73. The first-order valence-corrected chi connectivity index (χ1v) is 10.3. The van der Waals surface area contributed by atoms with E-state index < -0.39 is 10.9 Å². The number of methoxy groups -OCH3 is 1. The summed E-state index contributed by atoms with van der Waals surface area (Å²) in [6.07, 6.45) is 2.41. The number of aliphatic imine (C=N–C) groups is 1. The van der Waals surface area contributed by atoms with Crippen molar-refractivity contribution >= 4 is 57.8 Å². The zero-order chi connectivity index (χ0) is 21.8. The highest BCUT2D eigenvalue weighted by Crippen LogP contribution is 2.35. The first kappa shape index (κ1) is 22.0. The van der Waals surface area contributed by atoms with Crippen molar-refractivity contribution < 1.29 is 23.9 Å². The smallest absolute Gasteiger partial charge is 0.363 e. The minimum Gasteiger partial charge on any atom is -0.493 e. The van der Waals surface area contributed by atoms with Crippen molar-refractivity contribution in [2.45, 2.75) is 13.3 Å². The first-order valence-electron chi connectivity index (χ1n) is 8.81. The fourth-order valence-electron chi connectivity index (χ4n) is 2.64. The molecule has 0 saturated heterocycles. The molecule has 0 unspecified atom stereocenters. The summed E-state index contributed by atoms with van der Waals surface area (Å²) < 4.78 is 17.1. The summed E-state index contributed by atoms with van der Waals surface area (Å²) in [7, 11) is 1.54. The summed E-state index contributed by atoms with van der Waals surface area (Å²) in [5, 5.41) is 11.1. The van der Waals surface area contributed by atoms with Crippen molar-refractivity contribution in [3.05, 3.63) is 65.9 Å². The Morgan fingerprint density at radius 1 is 1.33 bits per heavy atom. The number of hydrogen-bond acceptors (Lipinski definition) is 7. The zero-order valence-electron chi connectivity index (χ0n) is 16.0. The van der Waals surface area contributed by atoms with E-state index in [4.69, 9.17) is 25.8 Å². The topological polar surface area (TPSA) is 100 Å². The van der Waals surface area contributed by atoms with Crippen LogP contribution in [0.25, 0.3) is 6.08 Å². The molecular weight excluding hydrogens is 527 g/mol. The lowest BCUT2D eigenvalue weighted by atomic mass is 10.1. The van der Waals surface area contributed by atoms with Crippen molar-refractivity contribution in [3.8, 4) is 11.5 Å². The quantitative estimate of drug-likeness (QED) is 0.161. The van der Waals surface area contributed by atoms with Crippen LogP contribution in [0.2, 0.25) is 5.02 Å². The molecule has 0 saturated carbocycles. The number of carbonyl (C=O) groups is 1. The fraction of sp³-hybridized carbons (Fsp3) is 0.200. The number of carbonyl (C=O) groups excluding carboxylic acids is 1. The van der Waals surface area contributed by atoms with E-state index in [0.29, 0.717) is 23.7 Å². The molecule has 2 aromatic carbocycles. The lowest BCUT2D eigenvalue weighted by molar-refractivity contribution is -0.384. The number of benzene rings is 2. The SMILES string of the molecule is CCCOc1c(I)cc(/C=C2\N=C(c3ccc(Cl)c([N+](=O)[O-])c3)OC2=O)cc1OC. The third-order valence-corrected chi connectivity index (χ3v) is 5.14. The van der Waals surface area contributed by atoms with Gasteiger partial charge in [0, 0.05) is 11.6 Å². The predicted molar refractivity (Wildman–Crippen MR) is 120 cm³/mol. The van der Waals surface area contributed by atoms with Crippen molar-refractivity contribution in [2.24, 2.45) is 4.99 Å². The van der Waals surface area contributed by atoms with Crippen LogP contribution < -0.4 is 9.47 Å². The molecule has 0 N–H and O–H groups in total. The number of ether oxygens (including phenoxy) is 3. The molecule has 3 rings (SSSR count). The Morgan fingerprint density at radius 2 is 2.10 bits per heavy atom. The van der Waals surface area contributed by atoms with Crippen LogP contribution in [0.4, 0.5) is 5.69 Å². The second-order valence-corrected chi connectivity index (χ2v) is 7.71. The third-order valence-electron chi connectivity index (χ3n) is 4.02. The molecule has 1 aliphatic rings. The minimum absolute atomic E-state index is 0.0171. The van der Waals surface area contributed by atoms with Crippen LogP contribution in [0.15, 0.2) is 41.0 Å². The molecular formula is C20H16ClIN2O6. The van der Waals surface area contributed by atoms with E-state index in [1.807, 2.05) is 13.0 Å². The van der Waals surface area contributed by atoms with Gasteiger partial charge in [0.1, 0.15) is 5.02 Å². The van der Waals surface area contributed by atoms with Gasteiger partial charge < -0.3 is 14.2 Å². The van der Waals surface area contributed by atoms with E-state index in [9.17, 15) is 14.9 Å². The largest absolute Gasteiger partial charge is 0.493 e. The number of nitro benzene ring substituents is 1. The Bertz CT molecular complexity index is 1080. The second kappa shape index (κ2) is 9.43. The van der Waals surface area contributed by atoms with E-state index in [-0.39, 0.29) is 27.9 Å². The lowest BCUT2D eigenvalue weighted by Crippen LogP contribution is -2.06. The molecule has 1 heterocycles. The molecule has 2 aromatic rings. The summed E-state index contributed by atoms with van der Waals surface area (Å²) >= 11 is 7.96. The van der Waals surface area contributed by atoms with Gasteiger partial charge in [0.15, 0.2) is 17.2 Å². The number of rotatable bonds is 7. The second-order valence-electron chi connectivity index (χ2n) is 6.14. The molecule has 0 bridgehead atoms. The summed E-state index contributed by atoms with van der Waals surface area (Å²) in [5.74, 6) is 0.471. The normalized spacial score (nSPS) is 14.5. The number of nitrogens with zero attached hydrogens (tertiary/aromatic N) is 2. The zero-order valence-corrected chi connectivity index (χ0v) is 18.9. The van der Waals surface area contributed by atoms with Crippen LogP contribution >= 0.6 is 34.2 Å². The molecule has 0 atom stereocenters. The average molecular weight is 543 g/mol. The van der Waals surface area contributed by atoms with Crippen LogP contribution in [0, 0.1) is 13.7 Å². The van der Waals surface area contributed by atoms with Crippen LogP contribution in [0.3, 0.4) is 0 Å². The number of cyclic esters (lactones) is 1. The Labute approximate surface area is 190 Å². The average Bonchev–Trinajstić information content (AvgIpc) is 3.07. The summed E-state index contributed by atoms with van der Waals surface area (Å²) in [5.41, 5.74) is 0.701. The van der Waals surface area contributed by atoms with Gasteiger partial charge in [-0.3, -0.25) is 10.1 Å². The van der Waals surface area contributed by atoms with E-state index in [1.54, 1.807) is 12.1 Å².